The molecule has 2 aromatic rings. The number of nitrogens with zero attached hydrogens (tertiary/aromatic N) is 3. The highest BCUT2D eigenvalue weighted by molar-refractivity contribution is 6.07. The lowest BCUT2D eigenvalue weighted by Crippen LogP contribution is -2.32. The molecule has 2 aromatic heterocycles. The molecule has 0 fully saturated rings. The van der Waals surface area contributed by atoms with Crippen molar-refractivity contribution in [3.05, 3.63) is 17.7 Å². The summed E-state index contributed by atoms with van der Waals surface area (Å²) in [6.07, 6.45) is 1.49. The Labute approximate surface area is 143 Å². The molecule has 6 nitrogen and oxygen atoms in total. The van der Waals surface area contributed by atoms with Gasteiger partial charge in [0.25, 0.3) is 0 Å². The standard InChI is InChI=1S/C18H27N3O3/c1-7-23-18(22)14-13(6)24-17-15(14)16(19-10-20-17)21(8-11(2)3)9-12(4)5/h10-12H,7-9H2,1-6H3. The normalized spacial score (nSPS) is 11.5. The summed E-state index contributed by atoms with van der Waals surface area (Å²) in [6.45, 7) is 14.2. The number of hydrogen-bond donors (Lipinski definition) is 0. The third-order valence-electron chi connectivity index (χ3n) is 3.59. The molecule has 24 heavy (non-hydrogen) atoms. The zero-order chi connectivity index (χ0) is 17.9. The van der Waals surface area contributed by atoms with E-state index in [2.05, 4.69) is 42.6 Å². The number of aromatic nitrogens is 2. The molecule has 0 saturated carbocycles. The molecule has 0 radical (unpaired) electrons. The van der Waals surface area contributed by atoms with Crippen molar-refractivity contribution in [2.24, 2.45) is 11.8 Å². The number of esters is 1. The summed E-state index contributed by atoms with van der Waals surface area (Å²) in [5.74, 6) is 1.79. The Balaban J connectivity index is 2.61. The van der Waals surface area contributed by atoms with Gasteiger partial charge in [-0.2, -0.15) is 0 Å². The van der Waals surface area contributed by atoms with Crippen molar-refractivity contribution in [2.75, 3.05) is 24.6 Å². The van der Waals surface area contributed by atoms with E-state index in [1.54, 1.807) is 13.8 Å². The van der Waals surface area contributed by atoms with Crippen molar-refractivity contribution in [1.29, 1.82) is 0 Å². The van der Waals surface area contributed by atoms with Gasteiger partial charge in [0.1, 0.15) is 23.5 Å². The van der Waals surface area contributed by atoms with E-state index in [4.69, 9.17) is 9.15 Å². The van der Waals surface area contributed by atoms with Crippen LogP contribution in [0.25, 0.3) is 11.1 Å². The van der Waals surface area contributed by atoms with Crippen molar-refractivity contribution < 1.29 is 13.9 Å². The largest absolute Gasteiger partial charge is 0.462 e. The molecule has 2 heterocycles. The minimum atomic E-state index is -0.390. The second kappa shape index (κ2) is 7.64. The van der Waals surface area contributed by atoms with E-state index in [1.807, 2.05) is 0 Å². The summed E-state index contributed by atoms with van der Waals surface area (Å²) in [5, 5.41) is 0.648. The average Bonchev–Trinajstić information content (AvgIpc) is 2.81. The lowest BCUT2D eigenvalue weighted by molar-refractivity contribution is 0.0526. The van der Waals surface area contributed by atoms with E-state index in [0.29, 0.717) is 40.9 Å². The van der Waals surface area contributed by atoms with Crippen molar-refractivity contribution in [2.45, 2.75) is 41.5 Å². The van der Waals surface area contributed by atoms with Crippen LogP contribution in [0, 0.1) is 18.8 Å². The molecule has 132 valence electrons. The molecular weight excluding hydrogens is 306 g/mol. The van der Waals surface area contributed by atoms with E-state index in [-0.39, 0.29) is 5.97 Å². The fourth-order valence-corrected chi connectivity index (χ4v) is 2.85. The average molecular weight is 333 g/mol. The number of carbonyl (C=O) groups is 1. The lowest BCUT2D eigenvalue weighted by Gasteiger charge is -2.27. The third kappa shape index (κ3) is 3.86. The Kier molecular flexibility index (Phi) is 5.80. The molecule has 0 aromatic carbocycles. The SMILES string of the molecule is CCOC(=O)c1c(C)oc2ncnc(N(CC(C)C)CC(C)C)c12. The first-order valence-corrected chi connectivity index (χ1v) is 8.51. The summed E-state index contributed by atoms with van der Waals surface area (Å²) in [7, 11) is 0. The highest BCUT2D eigenvalue weighted by atomic mass is 16.5. The first-order chi connectivity index (χ1) is 11.3. The summed E-state index contributed by atoms with van der Waals surface area (Å²) in [6, 6.07) is 0. The van der Waals surface area contributed by atoms with E-state index in [9.17, 15) is 4.79 Å². The zero-order valence-corrected chi connectivity index (χ0v) is 15.4. The summed E-state index contributed by atoms with van der Waals surface area (Å²) < 4.78 is 10.9. The minimum absolute atomic E-state index is 0.315. The van der Waals surface area contributed by atoms with Crippen LogP contribution in [0.2, 0.25) is 0 Å². The van der Waals surface area contributed by atoms with E-state index in [0.717, 1.165) is 18.9 Å². The van der Waals surface area contributed by atoms with Gasteiger partial charge in [-0.3, -0.25) is 0 Å². The fourth-order valence-electron chi connectivity index (χ4n) is 2.85. The lowest BCUT2D eigenvalue weighted by atomic mass is 10.1. The Morgan fingerprint density at radius 3 is 2.38 bits per heavy atom. The van der Waals surface area contributed by atoms with Gasteiger partial charge in [0.2, 0.25) is 5.71 Å². The smallest absolute Gasteiger partial charge is 0.342 e. The predicted octanol–water partition coefficient (Wildman–Crippen LogP) is 3.83. The Hall–Kier alpha value is -2.11. The van der Waals surface area contributed by atoms with E-state index in [1.165, 1.54) is 6.33 Å². The molecule has 0 bridgehead atoms. The molecular formula is C18H27N3O3. The first-order valence-electron chi connectivity index (χ1n) is 8.51. The molecule has 0 spiro atoms. The number of hydrogen-bond acceptors (Lipinski definition) is 6. The van der Waals surface area contributed by atoms with E-state index < -0.39 is 0 Å². The number of furan rings is 1. The first kappa shape index (κ1) is 18.2. The van der Waals surface area contributed by atoms with Crippen molar-refractivity contribution in [3.63, 3.8) is 0 Å². The highest BCUT2D eigenvalue weighted by Crippen LogP contribution is 2.32. The maximum absolute atomic E-state index is 12.4. The molecule has 0 N–H and O–H groups in total. The Bertz CT molecular complexity index is 697. The van der Waals surface area contributed by atoms with Crippen LogP contribution in [0.4, 0.5) is 5.82 Å². The molecule has 0 saturated heterocycles. The molecule has 6 heteroatoms. The molecule has 0 aliphatic carbocycles. The topological polar surface area (TPSA) is 68.5 Å². The van der Waals surface area contributed by atoms with Crippen LogP contribution in [-0.2, 0) is 4.74 Å². The van der Waals surface area contributed by atoms with Crippen LogP contribution in [0.15, 0.2) is 10.7 Å². The van der Waals surface area contributed by atoms with Crippen LogP contribution < -0.4 is 4.90 Å². The van der Waals surface area contributed by atoms with Crippen LogP contribution >= 0.6 is 0 Å². The molecule has 0 amide bonds. The van der Waals surface area contributed by atoms with Crippen LogP contribution in [0.1, 0.15) is 50.7 Å². The number of carbonyl (C=O) groups excluding carboxylic acids is 1. The minimum Gasteiger partial charge on any atom is -0.462 e. The maximum Gasteiger partial charge on any atom is 0.342 e. The Morgan fingerprint density at radius 1 is 1.21 bits per heavy atom. The second-order valence-corrected chi connectivity index (χ2v) is 6.82. The van der Waals surface area contributed by atoms with Gasteiger partial charge < -0.3 is 14.1 Å². The third-order valence-corrected chi connectivity index (χ3v) is 3.59. The molecule has 0 aliphatic heterocycles. The Morgan fingerprint density at radius 2 is 1.83 bits per heavy atom. The van der Waals surface area contributed by atoms with Gasteiger partial charge in [0.05, 0.1) is 12.0 Å². The van der Waals surface area contributed by atoms with Gasteiger partial charge in [-0.25, -0.2) is 14.8 Å². The van der Waals surface area contributed by atoms with Gasteiger partial charge >= 0.3 is 5.97 Å². The fraction of sp³-hybridized carbons (Fsp3) is 0.611. The van der Waals surface area contributed by atoms with Gasteiger partial charge in [0, 0.05) is 13.1 Å². The van der Waals surface area contributed by atoms with Crippen molar-refractivity contribution >= 4 is 22.9 Å². The van der Waals surface area contributed by atoms with Crippen molar-refractivity contribution in [1.82, 2.24) is 9.97 Å². The predicted molar refractivity (Wildman–Crippen MR) is 94.4 cm³/mol. The molecule has 0 unspecified atom stereocenters. The van der Waals surface area contributed by atoms with Gasteiger partial charge in [-0.05, 0) is 25.7 Å². The number of rotatable bonds is 7. The van der Waals surface area contributed by atoms with Crippen LogP contribution in [0.5, 0.6) is 0 Å². The number of fused-ring (bicyclic) bond motifs is 1. The van der Waals surface area contributed by atoms with Crippen LogP contribution in [0.3, 0.4) is 0 Å². The zero-order valence-electron chi connectivity index (χ0n) is 15.4. The van der Waals surface area contributed by atoms with Crippen molar-refractivity contribution in [3.8, 4) is 0 Å². The quantitative estimate of drug-likeness (QED) is 0.717. The van der Waals surface area contributed by atoms with Gasteiger partial charge in [0.15, 0.2) is 0 Å². The maximum atomic E-state index is 12.4. The second-order valence-electron chi connectivity index (χ2n) is 6.82. The van der Waals surface area contributed by atoms with Gasteiger partial charge in [-0.1, -0.05) is 27.7 Å². The summed E-state index contributed by atoms with van der Waals surface area (Å²) in [4.78, 5) is 23.3. The monoisotopic (exact) mass is 333 g/mol. The number of aryl methyl sites for hydroxylation is 1. The summed E-state index contributed by atoms with van der Waals surface area (Å²) in [5.41, 5.74) is 0.859. The number of ether oxygens (including phenoxy) is 1. The van der Waals surface area contributed by atoms with E-state index >= 15 is 0 Å². The van der Waals surface area contributed by atoms with Crippen LogP contribution in [-0.4, -0.2) is 35.6 Å². The number of anilines is 1. The molecule has 0 atom stereocenters. The van der Waals surface area contributed by atoms with Gasteiger partial charge in [-0.15, -0.1) is 0 Å². The molecule has 0 aliphatic rings. The summed E-state index contributed by atoms with van der Waals surface area (Å²) >= 11 is 0. The molecule has 2 rings (SSSR count). The highest BCUT2D eigenvalue weighted by Gasteiger charge is 2.26.